The number of Topliss-reactive ketones (excluding diaryl/α,β-unsaturated/α-hetero) is 1. The van der Waals surface area contributed by atoms with Crippen LogP contribution in [-0.2, 0) is 11.2 Å². The first-order valence-corrected chi connectivity index (χ1v) is 5.37. The van der Waals surface area contributed by atoms with E-state index in [2.05, 4.69) is 5.32 Å². The minimum Gasteiger partial charge on any atom is -0.492 e. The van der Waals surface area contributed by atoms with E-state index in [1.165, 1.54) is 0 Å². The van der Waals surface area contributed by atoms with E-state index < -0.39 is 0 Å². The Balaban J connectivity index is 2.11. The highest BCUT2D eigenvalue weighted by Gasteiger charge is 2.23. The van der Waals surface area contributed by atoms with Crippen molar-refractivity contribution in [3.8, 4) is 5.75 Å². The molecule has 4 nitrogen and oxygen atoms in total. The van der Waals surface area contributed by atoms with Crippen LogP contribution in [0.3, 0.4) is 0 Å². The van der Waals surface area contributed by atoms with E-state index in [9.17, 15) is 9.59 Å². The van der Waals surface area contributed by atoms with Crippen LogP contribution in [0, 0.1) is 0 Å². The molecule has 0 unspecified atom stereocenters. The number of nitrogens with one attached hydrogen (secondary N) is 1. The van der Waals surface area contributed by atoms with Crippen molar-refractivity contribution >= 4 is 17.4 Å². The third-order valence-corrected chi connectivity index (χ3v) is 2.99. The van der Waals surface area contributed by atoms with Gasteiger partial charge >= 0.3 is 0 Å². The lowest BCUT2D eigenvalue weighted by Crippen LogP contribution is -2.21. The monoisotopic (exact) mass is 217 g/mol. The van der Waals surface area contributed by atoms with Gasteiger partial charge in [-0.3, -0.25) is 9.59 Å². The van der Waals surface area contributed by atoms with Crippen molar-refractivity contribution in [1.82, 2.24) is 0 Å². The quantitative estimate of drug-likeness (QED) is 0.717. The molecule has 16 heavy (non-hydrogen) atoms. The molecule has 0 saturated carbocycles. The van der Waals surface area contributed by atoms with E-state index in [1.807, 2.05) is 6.07 Å². The first-order valence-electron chi connectivity index (χ1n) is 5.37. The Bertz CT molecular complexity index is 493. The van der Waals surface area contributed by atoms with Crippen molar-refractivity contribution in [1.29, 1.82) is 0 Å². The van der Waals surface area contributed by atoms with Gasteiger partial charge in [0.2, 0.25) is 5.91 Å². The second kappa shape index (κ2) is 3.33. The first-order chi connectivity index (χ1) is 7.74. The Morgan fingerprint density at radius 2 is 2.00 bits per heavy atom. The fourth-order valence-electron chi connectivity index (χ4n) is 2.13. The van der Waals surface area contributed by atoms with Gasteiger partial charge < -0.3 is 10.1 Å². The minimum absolute atomic E-state index is 0.0228. The molecule has 2 aliphatic rings. The van der Waals surface area contributed by atoms with Crippen LogP contribution in [0.2, 0.25) is 0 Å². The number of hydrogen-bond acceptors (Lipinski definition) is 3. The van der Waals surface area contributed by atoms with Crippen LogP contribution in [-0.4, -0.2) is 18.3 Å². The maximum atomic E-state index is 11.7. The van der Waals surface area contributed by atoms with Gasteiger partial charge in [-0.2, -0.15) is 0 Å². The Kier molecular flexibility index (Phi) is 1.96. The van der Waals surface area contributed by atoms with Crippen LogP contribution in [0.25, 0.3) is 0 Å². The van der Waals surface area contributed by atoms with Crippen molar-refractivity contribution in [2.75, 3.05) is 11.9 Å². The molecular formula is C12H11NO3. The van der Waals surface area contributed by atoms with Crippen LogP contribution in [0.1, 0.15) is 28.8 Å². The van der Waals surface area contributed by atoms with Gasteiger partial charge in [-0.05, 0) is 18.1 Å². The fourth-order valence-corrected chi connectivity index (χ4v) is 2.13. The summed E-state index contributed by atoms with van der Waals surface area (Å²) < 4.78 is 5.42. The zero-order valence-corrected chi connectivity index (χ0v) is 8.71. The number of ether oxygens (including phenoxy) is 1. The average Bonchev–Trinajstić information content (AvgIpc) is 2.27. The summed E-state index contributed by atoms with van der Waals surface area (Å²) in [5, 5.41) is 2.79. The van der Waals surface area contributed by atoms with E-state index in [0.717, 1.165) is 11.3 Å². The number of ketones is 1. The SMILES string of the molecule is O=C1CCc2cc3c(cc2N1)OCCC3=O. The van der Waals surface area contributed by atoms with E-state index in [-0.39, 0.29) is 11.7 Å². The van der Waals surface area contributed by atoms with E-state index in [0.29, 0.717) is 37.2 Å². The molecule has 1 aromatic rings. The Labute approximate surface area is 92.6 Å². The van der Waals surface area contributed by atoms with E-state index in [1.54, 1.807) is 6.07 Å². The molecule has 0 bridgehead atoms. The molecule has 1 amide bonds. The molecule has 3 rings (SSSR count). The second-order valence-electron chi connectivity index (χ2n) is 4.08. The molecule has 0 spiro atoms. The lowest BCUT2D eigenvalue weighted by atomic mass is 9.96. The molecule has 0 saturated heterocycles. The summed E-state index contributed by atoms with van der Waals surface area (Å²) in [5.41, 5.74) is 2.46. The van der Waals surface area contributed by atoms with Crippen molar-refractivity contribution in [3.05, 3.63) is 23.3 Å². The molecule has 0 radical (unpaired) electrons. The maximum Gasteiger partial charge on any atom is 0.224 e. The minimum atomic E-state index is 0.0228. The van der Waals surface area contributed by atoms with Crippen molar-refractivity contribution in [3.63, 3.8) is 0 Å². The third-order valence-electron chi connectivity index (χ3n) is 2.99. The molecule has 0 fully saturated rings. The van der Waals surface area contributed by atoms with Crippen molar-refractivity contribution < 1.29 is 14.3 Å². The number of carbonyl (C=O) groups is 2. The highest BCUT2D eigenvalue weighted by Crippen LogP contribution is 2.33. The number of hydrogen-bond donors (Lipinski definition) is 1. The summed E-state index contributed by atoms with van der Waals surface area (Å²) in [6.45, 7) is 0.429. The zero-order chi connectivity index (χ0) is 11.1. The number of benzene rings is 1. The summed E-state index contributed by atoms with van der Waals surface area (Å²) in [7, 11) is 0. The molecular weight excluding hydrogens is 206 g/mol. The van der Waals surface area contributed by atoms with E-state index >= 15 is 0 Å². The number of carbonyl (C=O) groups excluding carboxylic acids is 2. The van der Waals surface area contributed by atoms with Gasteiger partial charge in [0.15, 0.2) is 5.78 Å². The first kappa shape index (κ1) is 9.39. The zero-order valence-electron chi connectivity index (χ0n) is 8.71. The molecule has 0 atom stereocenters. The smallest absolute Gasteiger partial charge is 0.224 e. The molecule has 4 heteroatoms. The fraction of sp³-hybridized carbons (Fsp3) is 0.333. The van der Waals surface area contributed by atoms with Gasteiger partial charge in [-0.25, -0.2) is 0 Å². The summed E-state index contributed by atoms with van der Waals surface area (Å²) in [5.74, 6) is 0.743. The average molecular weight is 217 g/mol. The molecule has 2 heterocycles. The number of rotatable bonds is 0. The predicted octanol–water partition coefficient (Wildman–Crippen LogP) is 1.54. The highest BCUT2D eigenvalue weighted by atomic mass is 16.5. The molecule has 1 N–H and O–H groups in total. The molecule has 1 aromatic carbocycles. The van der Waals surface area contributed by atoms with Gasteiger partial charge in [0.25, 0.3) is 0 Å². The lowest BCUT2D eigenvalue weighted by molar-refractivity contribution is -0.116. The van der Waals surface area contributed by atoms with Gasteiger partial charge in [0.05, 0.1) is 12.2 Å². The molecule has 2 aliphatic heterocycles. The van der Waals surface area contributed by atoms with Crippen LogP contribution in [0.4, 0.5) is 5.69 Å². The van der Waals surface area contributed by atoms with Gasteiger partial charge in [0, 0.05) is 24.6 Å². The largest absolute Gasteiger partial charge is 0.492 e. The highest BCUT2D eigenvalue weighted by molar-refractivity contribution is 6.02. The summed E-state index contributed by atoms with van der Waals surface area (Å²) in [6, 6.07) is 3.62. The summed E-state index contributed by atoms with van der Waals surface area (Å²) in [4.78, 5) is 22.9. The topological polar surface area (TPSA) is 55.4 Å². The van der Waals surface area contributed by atoms with Crippen LogP contribution < -0.4 is 10.1 Å². The van der Waals surface area contributed by atoms with Crippen LogP contribution >= 0.6 is 0 Å². The Morgan fingerprint density at radius 3 is 2.88 bits per heavy atom. The Hall–Kier alpha value is -1.84. The normalized spacial score (nSPS) is 18.2. The van der Waals surface area contributed by atoms with Gasteiger partial charge in [-0.1, -0.05) is 0 Å². The predicted molar refractivity (Wildman–Crippen MR) is 57.8 cm³/mol. The molecule has 0 aromatic heterocycles. The Morgan fingerprint density at radius 1 is 1.12 bits per heavy atom. The van der Waals surface area contributed by atoms with Crippen molar-refractivity contribution in [2.24, 2.45) is 0 Å². The number of aryl methyl sites for hydroxylation is 1. The summed E-state index contributed by atoms with van der Waals surface area (Å²) >= 11 is 0. The van der Waals surface area contributed by atoms with Crippen LogP contribution in [0.15, 0.2) is 12.1 Å². The maximum absolute atomic E-state index is 11.7. The van der Waals surface area contributed by atoms with Crippen LogP contribution in [0.5, 0.6) is 5.75 Å². The van der Waals surface area contributed by atoms with Gasteiger partial charge in [-0.15, -0.1) is 0 Å². The lowest BCUT2D eigenvalue weighted by Gasteiger charge is -2.22. The molecule has 82 valence electrons. The van der Waals surface area contributed by atoms with E-state index in [4.69, 9.17) is 4.74 Å². The second-order valence-corrected chi connectivity index (χ2v) is 4.08. The standard InChI is InChI=1S/C12H11NO3/c14-10-3-4-16-11-6-9-7(5-8(10)11)1-2-12(15)13-9/h5-6H,1-4H2,(H,13,15). The number of fused-ring (bicyclic) bond motifs is 2. The number of amides is 1. The molecule has 0 aliphatic carbocycles. The summed E-state index contributed by atoms with van der Waals surface area (Å²) in [6.07, 6.45) is 1.63. The number of anilines is 1. The third kappa shape index (κ3) is 1.38. The van der Waals surface area contributed by atoms with Crippen molar-refractivity contribution in [2.45, 2.75) is 19.3 Å². The van der Waals surface area contributed by atoms with Gasteiger partial charge in [0.1, 0.15) is 5.75 Å².